The zero-order chi connectivity index (χ0) is 35.8. The highest BCUT2D eigenvalue weighted by Crippen LogP contribution is 2.41. The summed E-state index contributed by atoms with van der Waals surface area (Å²) in [6, 6.07) is 19.7. The van der Waals surface area contributed by atoms with Gasteiger partial charge in [-0.15, -0.1) is 10.2 Å². The first-order valence-electron chi connectivity index (χ1n) is 17.2. The number of amides is 1. The average molecular weight is 714 g/mol. The normalized spacial score (nSPS) is 29.0. The van der Waals surface area contributed by atoms with Crippen LogP contribution in [0.2, 0.25) is 0 Å². The highest BCUT2D eigenvalue weighted by atomic mass is 19.1. The van der Waals surface area contributed by atoms with Gasteiger partial charge in [0.1, 0.15) is 41.7 Å². The number of fused-ring (bicyclic) bond motifs is 1. The van der Waals surface area contributed by atoms with Gasteiger partial charge in [0.2, 0.25) is 0 Å². The smallest absolute Gasteiger partial charge is 0.252 e. The van der Waals surface area contributed by atoms with Crippen molar-refractivity contribution in [3.63, 3.8) is 0 Å². The molecule has 2 N–H and O–H groups in total. The van der Waals surface area contributed by atoms with Crippen LogP contribution in [0.3, 0.4) is 0 Å². The number of aromatic nitrogens is 6. The van der Waals surface area contributed by atoms with E-state index in [1.165, 1.54) is 37.6 Å². The molecule has 4 heterocycles. The Balaban J connectivity index is 1.06. The molecule has 0 bridgehead atoms. The van der Waals surface area contributed by atoms with E-state index >= 15 is 0 Å². The Morgan fingerprint density at radius 2 is 1.73 bits per heavy atom. The summed E-state index contributed by atoms with van der Waals surface area (Å²) in [6.07, 6.45) is -0.307. The highest BCUT2D eigenvalue weighted by molar-refractivity contribution is 5.82. The molecule has 3 aliphatic rings. The lowest BCUT2D eigenvalue weighted by Gasteiger charge is -2.48. The molecule has 2 aromatic heterocycles. The molecule has 270 valence electrons. The number of rotatable bonds is 8. The molecule has 2 aliphatic heterocycles. The maximum Gasteiger partial charge on any atom is 0.252 e. The van der Waals surface area contributed by atoms with Gasteiger partial charge in [0, 0.05) is 23.8 Å². The Bertz CT molecular complexity index is 2010. The van der Waals surface area contributed by atoms with Crippen molar-refractivity contribution >= 4 is 5.91 Å². The minimum atomic E-state index is -1.17. The topological polar surface area (TPSA) is 148 Å². The first kappa shape index (κ1) is 34.2. The minimum absolute atomic E-state index is 0.107. The summed E-state index contributed by atoms with van der Waals surface area (Å²) in [5, 5.41) is 31.7. The van der Waals surface area contributed by atoms with E-state index in [0.717, 1.165) is 5.56 Å². The quantitative estimate of drug-likeness (QED) is 0.240. The van der Waals surface area contributed by atoms with Gasteiger partial charge in [-0.3, -0.25) is 4.79 Å². The summed E-state index contributed by atoms with van der Waals surface area (Å²) in [7, 11) is 1.48. The number of aliphatic hydroxyl groups is 1. The van der Waals surface area contributed by atoms with Gasteiger partial charge >= 0.3 is 0 Å². The third kappa shape index (κ3) is 6.61. The van der Waals surface area contributed by atoms with E-state index in [1.807, 2.05) is 30.3 Å². The Kier molecular flexibility index (Phi) is 9.59. The number of carbonyl (C=O) groups is 1. The average Bonchev–Trinajstić information content (AvgIpc) is 3.86. The van der Waals surface area contributed by atoms with Crippen LogP contribution in [0.25, 0.3) is 22.5 Å². The summed E-state index contributed by atoms with van der Waals surface area (Å²) >= 11 is 0. The summed E-state index contributed by atoms with van der Waals surface area (Å²) in [4.78, 5) is 14.2. The van der Waals surface area contributed by atoms with E-state index in [9.17, 15) is 18.7 Å². The fourth-order valence-corrected chi connectivity index (χ4v) is 7.55. The largest absolute Gasteiger partial charge is 0.389 e. The minimum Gasteiger partial charge on any atom is -0.389 e. The van der Waals surface area contributed by atoms with Crippen LogP contribution in [0.1, 0.15) is 43.2 Å². The Hall–Kier alpha value is -4.93. The summed E-state index contributed by atoms with van der Waals surface area (Å²) in [5.74, 6) is -1.32. The zero-order valence-electron chi connectivity index (χ0n) is 28.1. The van der Waals surface area contributed by atoms with Gasteiger partial charge < -0.3 is 29.4 Å². The molecule has 1 aliphatic carbocycles. The molecule has 1 amide bonds. The molecule has 5 aromatic rings. The van der Waals surface area contributed by atoms with Crippen LogP contribution in [-0.4, -0.2) is 91.3 Å². The molecular weight excluding hydrogens is 676 g/mol. The van der Waals surface area contributed by atoms with Gasteiger partial charge in [-0.25, -0.2) is 18.1 Å². The van der Waals surface area contributed by atoms with Crippen molar-refractivity contribution in [2.45, 2.75) is 74.2 Å². The maximum absolute atomic E-state index is 14.2. The summed E-state index contributed by atoms with van der Waals surface area (Å²) < 4.78 is 56.4. The zero-order valence-corrected chi connectivity index (χ0v) is 28.1. The van der Waals surface area contributed by atoms with E-state index < -0.39 is 72.5 Å². The molecule has 0 spiro atoms. The number of nitrogens with one attached hydrogen (secondary N) is 1. The van der Waals surface area contributed by atoms with E-state index in [-0.39, 0.29) is 6.61 Å². The molecule has 15 heteroatoms. The van der Waals surface area contributed by atoms with E-state index in [4.69, 9.17) is 18.9 Å². The van der Waals surface area contributed by atoms with Crippen molar-refractivity contribution in [1.82, 2.24) is 35.3 Å². The Morgan fingerprint density at radius 1 is 0.962 bits per heavy atom. The van der Waals surface area contributed by atoms with Crippen molar-refractivity contribution in [2.24, 2.45) is 0 Å². The van der Waals surface area contributed by atoms with Gasteiger partial charge in [0.05, 0.1) is 42.9 Å². The fourth-order valence-electron chi connectivity index (χ4n) is 7.55. The molecule has 1 unspecified atom stereocenters. The highest BCUT2D eigenvalue weighted by Gasteiger charge is 2.54. The number of ether oxygens (including phenoxy) is 4. The lowest BCUT2D eigenvalue weighted by molar-refractivity contribution is -0.314. The maximum atomic E-state index is 14.2. The molecule has 8 rings (SSSR count). The number of carbonyl (C=O) groups excluding carboxylic acids is 1. The third-order valence-corrected chi connectivity index (χ3v) is 10.0. The Morgan fingerprint density at radius 3 is 2.50 bits per heavy atom. The molecule has 2 saturated heterocycles. The molecule has 3 fully saturated rings. The number of aliphatic hydroxyl groups excluding tert-OH is 1. The second-order valence-electron chi connectivity index (χ2n) is 13.2. The summed E-state index contributed by atoms with van der Waals surface area (Å²) in [5.41, 5.74) is 2.88. The first-order chi connectivity index (χ1) is 25.4. The molecular formula is C37H37F2N7O6. The van der Waals surface area contributed by atoms with Gasteiger partial charge in [-0.05, 0) is 43.5 Å². The van der Waals surface area contributed by atoms with E-state index in [1.54, 1.807) is 39.8 Å². The van der Waals surface area contributed by atoms with Crippen LogP contribution in [0.4, 0.5) is 8.78 Å². The molecule has 1 saturated carbocycles. The second kappa shape index (κ2) is 14.6. The first-order valence-corrected chi connectivity index (χ1v) is 17.2. The van der Waals surface area contributed by atoms with Gasteiger partial charge in [0.25, 0.3) is 5.91 Å². The monoisotopic (exact) mass is 713 g/mol. The Labute approximate surface area is 297 Å². The van der Waals surface area contributed by atoms with E-state index in [0.29, 0.717) is 41.8 Å². The van der Waals surface area contributed by atoms with Crippen molar-refractivity contribution in [3.8, 4) is 22.5 Å². The number of methoxy groups -OCH3 is 1. The number of benzene rings is 3. The predicted octanol–water partition coefficient (Wildman–Crippen LogP) is 4.19. The van der Waals surface area contributed by atoms with Crippen molar-refractivity contribution in [1.29, 1.82) is 0 Å². The van der Waals surface area contributed by atoms with Crippen LogP contribution in [0.5, 0.6) is 0 Å². The second-order valence-corrected chi connectivity index (χ2v) is 13.2. The van der Waals surface area contributed by atoms with Crippen LogP contribution < -0.4 is 5.32 Å². The molecule has 13 nitrogen and oxygen atoms in total. The fraction of sp³-hybridized carbons (Fsp3) is 0.378. The number of nitrogens with zero attached hydrogens (tertiary/aromatic N) is 6. The van der Waals surface area contributed by atoms with Crippen molar-refractivity contribution < 1.29 is 37.6 Å². The van der Waals surface area contributed by atoms with E-state index in [2.05, 4.69) is 25.9 Å². The third-order valence-electron chi connectivity index (χ3n) is 10.0. The van der Waals surface area contributed by atoms with Gasteiger partial charge in [-0.1, -0.05) is 65.0 Å². The van der Waals surface area contributed by atoms with Gasteiger partial charge in [-0.2, -0.15) is 0 Å². The lowest BCUT2D eigenvalue weighted by atomic mass is 9.87. The number of hydrogen-bond acceptors (Lipinski definition) is 10. The number of hydrogen-bond donors (Lipinski definition) is 2. The van der Waals surface area contributed by atoms with Crippen LogP contribution in [0, 0.1) is 11.6 Å². The van der Waals surface area contributed by atoms with Crippen molar-refractivity contribution in [3.05, 3.63) is 108 Å². The SMILES string of the molecule is CO[C@@H]1[C@@H](n2cc(-c3cccc(F)c3)nn2)[C@H]2OC(c3ccccc3)OC[C@H]2O[C@H]1C(=O)N[C@@H]1CCC[C@H](n2nncc2-c2cccc(F)c2)[C@H]1O. The molecule has 3 aromatic carbocycles. The summed E-state index contributed by atoms with van der Waals surface area (Å²) in [6.45, 7) is 0.107. The predicted molar refractivity (Wildman–Crippen MR) is 180 cm³/mol. The molecule has 52 heavy (non-hydrogen) atoms. The van der Waals surface area contributed by atoms with Crippen LogP contribution in [-0.2, 0) is 23.7 Å². The molecule has 9 atom stereocenters. The number of halogens is 2. The van der Waals surface area contributed by atoms with Crippen LogP contribution >= 0.6 is 0 Å². The standard InChI is InChI=1S/C37H37F2N7O6/c1-49-34-31(45-19-27(42-44-45)22-10-5-12-24(38)16-22)33-30(20-50-37(52-33)21-8-3-2-4-9-21)51-35(34)36(48)41-26-14-7-15-28(32(26)47)46-29(18-40-43-46)23-11-6-13-25(39)17-23/h2-6,8-13,16-19,26,28,30-35,37,47H,7,14-15,20H2,1H3,(H,41,48)/t26-,28+,30-,31+,32+,33+,34-,35-,37?/m1/s1. The van der Waals surface area contributed by atoms with Gasteiger partial charge in [0.15, 0.2) is 12.4 Å². The lowest BCUT2D eigenvalue weighted by Crippen LogP contribution is -2.64. The molecule has 0 radical (unpaired) electrons. The van der Waals surface area contributed by atoms with Crippen LogP contribution in [0.15, 0.2) is 91.3 Å². The van der Waals surface area contributed by atoms with Crippen molar-refractivity contribution in [2.75, 3.05) is 13.7 Å².